The Morgan fingerprint density at radius 2 is 1.45 bits per heavy atom. The first kappa shape index (κ1) is 21.4. The number of non-ortho nitro benzene ring substituents is 1. The number of nitro benzene ring substituents is 1. The average molecular weight is 444 g/mol. The quantitative estimate of drug-likeness (QED) is 0.200. The molecule has 0 spiro atoms. The minimum Gasteiger partial charge on any atom is -0.507 e. The van der Waals surface area contributed by atoms with Crippen LogP contribution in [0.4, 0.5) is 11.4 Å². The summed E-state index contributed by atoms with van der Waals surface area (Å²) in [5.41, 5.74) is 0.555. The Kier molecular flexibility index (Phi) is 5.45. The fourth-order valence-electron chi connectivity index (χ4n) is 3.71. The Hall–Kier alpha value is -4.79. The van der Waals surface area contributed by atoms with Gasteiger partial charge in [0.25, 0.3) is 17.4 Å². The molecule has 1 fully saturated rings. The van der Waals surface area contributed by atoms with Gasteiger partial charge < -0.3 is 10.2 Å². The Labute approximate surface area is 187 Å². The van der Waals surface area contributed by atoms with Crippen LogP contribution in [0.5, 0.6) is 0 Å². The molecule has 9 heteroatoms. The van der Waals surface area contributed by atoms with Crippen molar-refractivity contribution in [2.75, 3.05) is 4.90 Å². The number of ketones is 1. The van der Waals surface area contributed by atoms with Gasteiger partial charge in [-0.05, 0) is 42.0 Å². The van der Waals surface area contributed by atoms with Gasteiger partial charge in [-0.15, -0.1) is 0 Å². The number of aliphatic hydroxyl groups is 1. The van der Waals surface area contributed by atoms with Crippen LogP contribution in [-0.2, 0) is 9.59 Å². The monoisotopic (exact) mass is 444 g/mol. The number of Topliss-reactive ketones (excluding diaryl/α,β-unsaturated/α-hetero) is 1. The Bertz CT molecular complexity index is 1300. The van der Waals surface area contributed by atoms with E-state index in [4.69, 9.17) is 5.11 Å². The number of rotatable bonds is 5. The molecule has 1 heterocycles. The fourth-order valence-corrected chi connectivity index (χ4v) is 3.71. The molecule has 0 aromatic heterocycles. The van der Waals surface area contributed by atoms with Gasteiger partial charge in [-0.1, -0.05) is 30.3 Å². The number of carboxylic acids is 1. The number of anilines is 1. The van der Waals surface area contributed by atoms with Crippen LogP contribution in [0.2, 0.25) is 0 Å². The van der Waals surface area contributed by atoms with Crippen molar-refractivity contribution in [1.29, 1.82) is 0 Å². The van der Waals surface area contributed by atoms with E-state index < -0.39 is 28.6 Å². The van der Waals surface area contributed by atoms with Crippen LogP contribution in [0.25, 0.3) is 5.76 Å². The molecule has 3 aromatic carbocycles. The SMILES string of the molecule is O=C1C(=O)N(c2ccc(C(=O)O)cc2)[C@@H](c2ccc([N+](=O)[O-])cc2)/C1=C(\O)c1ccccc1. The largest absolute Gasteiger partial charge is 0.507 e. The molecule has 1 saturated heterocycles. The molecule has 1 aliphatic heterocycles. The molecule has 1 aliphatic rings. The highest BCUT2D eigenvalue weighted by Crippen LogP contribution is 2.42. The molecule has 1 amide bonds. The van der Waals surface area contributed by atoms with Crippen LogP contribution >= 0.6 is 0 Å². The Morgan fingerprint density at radius 1 is 0.848 bits per heavy atom. The van der Waals surface area contributed by atoms with Crippen LogP contribution in [0.15, 0.2) is 84.4 Å². The zero-order valence-electron chi connectivity index (χ0n) is 16.9. The number of carbonyl (C=O) groups excluding carboxylic acids is 2. The van der Waals surface area contributed by atoms with Gasteiger partial charge in [-0.25, -0.2) is 4.79 Å². The van der Waals surface area contributed by atoms with E-state index in [9.17, 15) is 29.6 Å². The van der Waals surface area contributed by atoms with Crippen molar-refractivity contribution in [3.8, 4) is 0 Å². The number of hydrogen-bond donors (Lipinski definition) is 2. The standard InChI is InChI=1S/C24H16N2O7/c27-21(15-4-2-1-3-5-15)19-20(14-6-12-18(13-7-14)26(32)33)25(23(29)22(19)28)17-10-8-16(9-11-17)24(30)31/h1-13,20,27H,(H,30,31)/b21-19+/t20-/m0/s1. The van der Waals surface area contributed by atoms with Crippen LogP contribution in [0.3, 0.4) is 0 Å². The van der Waals surface area contributed by atoms with E-state index in [0.29, 0.717) is 11.1 Å². The summed E-state index contributed by atoms with van der Waals surface area (Å²) < 4.78 is 0. The van der Waals surface area contributed by atoms with E-state index in [1.807, 2.05) is 0 Å². The molecule has 0 radical (unpaired) electrons. The predicted octanol–water partition coefficient (Wildman–Crippen LogP) is 3.92. The highest BCUT2D eigenvalue weighted by atomic mass is 16.6. The molecule has 9 nitrogen and oxygen atoms in total. The zero-order valence-corrected chi connectivity index (χ0v) is 16.9. The third-order valence-corrected chi connectivity index (χ3v) is 5.30. The smallest absolute Gasteiger partial charge is 0.335 e. The molecule has 2 N–H and O–H groups in total. The molecule has 1 atom stereocenters. The number of nitro groups is 1. The first-order valence-corrected chi connectivity index (χ1v) is 9.73. The maximum absolute atomic E-state index is 13.0. The van der Waals surface area contributed by atoms with E-state index in [0.717, 1.165) is 4.90 Å². The summed E-state index contributed by atoms with van der Waals surface area (Å²) in [7, 11) is 0. The molecule has 33 heavy (non-hydrogen) atoms. The van der Waals surface area contributed by atoms with E-state index >= 15 is 0 Å². The van der Waals surface area contributed by atoms with Crippen molar-refractivity contribution in [2.45, 2.75) is 6.04 Å². The van der Waals surface area contributed by atoms with Gasteiger partial charge in [0.15, 0.2) is 0 Å². The highest BCUT2D eigenvalue weighted by molar-refractivity contribution is 6.51. The summed E-state index contributed by atoms with van der Waals surface area (Å²) in [6.07, 6.45) is 0. The molecule has 0 bridgehead atoms. The first-order valence-electron chi connectivity index (χ1n) is 9.73. The zero-order chi connectivity index (χ0) is 23.7. The minimum absolute atomic E-state index is 0.00786. The molecule has 0 saturated carbocycles. The van der Waals surface area contributed by atoms with Crippen molar-refractivity contribution in [3.05, 3.63) is 111 Å². The van der Waals surface area contributed by atoms with Crippen molar-refractivity contribution < 1.29 is 29.5 Å². The maximum atomic E-state index is 13.0. The van der Waals surface area contributed by atoms with Gasteiger partial charge in [0.1, 0.15) is 5.76 Å². The van der Waals surface area contributed by atoms with Crippen molar-refractivity contribution in [1.82, 2.24) is 0 Å². The second-order valence-electron chi connectivity index (χ2n) is 7.24. The second kappa shape index (κ2) is 8.39. The van der Waals surface area contributed by atoms with E-state index in [1.54, 1.807) is 30.3 Å². The summed E-state index contributed by atoms with van der Waals surface area (Å²) >= 11 is 0. The number of benzene rings is 3. The van der Waals surface area contributed by atoms with Gasteiger partial charge in [-0.2, -0.15) is 0 Å². The summed E-state index contributed by atoms with van der Waals surface area (Å²) in [4.78, 5) is 48.9. The lowest BCUT2D eigenvalue weighted by Gasteiger charge is -2.25. The van der Waals surface area contributed by atoms with Gasteiger partial charge in [0.2, 0.25) is 0 Å². The van der Waals surface area contributed by atoms with E-state index in [2.05, 4.69) is 0 Å². The minimum atomic E-state index is -1.15. The summed E-state index contributed by atoms with van der Waals surface area (Å²) in [6, 6.07) is 17.8. The van der Waals surface area contributed by atoms with Gasteiger partial charge in [0.05, 0.1) is 22.1 Å². The topological polar surface area (TPSA) is 138 Å². The molecular formula is C24H16N2O7. The molecule has 0 aliphatic carbocycles. The highest BCUT2D eigenvalue weighted by Gasteiger charge is 2.47. The second-order valence-corrected chi connectivity index (χ2v) is 7.24. The third-order valence-electron chi connectivity index (χ3n) is 5.30. The van der Waals surface area contributed by atoms with Gasteiger partial charge in [0, 0.05) is 23.4 Å². The fraction of sp³-hybridized carbons (Fsp3) is 0.0417. The van der Waals surface area contributed by atoms with Crippen LogP contribution < -0.4 is 4.90 Å². The summed E-state index contributed by atoms with van der Waals surface area (Å²) in [5, 5.41) is 31.2. The van der Waals surface area contributed by atoms with Gasteiger partial charge >= 0.3 is 5.97 Å². The van der Waals surface area contributed by atoms with E-state index in [1.165, 1.54) is 48.5 Å². The molecule has 4 rings (SSSR count). The number of nitrogens with zero attached hydrogens (tertiary/aromatic N) is 2. The predicted molar refractivity (Wildman–Crippen MR) is 118 cm³/mol. The van der Waals surface area contributed by atoms with E-state index in [-0.39, 0.29) is 28.3 Å². The molecule has 3 aromatic rings. The van der Waals surface area contributed by atoms with Crippen LogP contribution in [-0.4, -0.2) is 32.8 Å². The number of hydrogen-bond acceptors (Lipinski definition) is 6. The lowest BCUT2D eigenvalue weighted by molar-refractivity contribution is -0.384. The molecule has 164 valence electrons. The Balaban J connectivity index is 1.91. The lowest BCUT2D eigenvalue weighted by atomic mass is 9.95. The number of aliphatic hydroxyl groups excluding tert-OH is 1. The van der Waals surface area contributed by atoms with Crippen molar-refractivity contribution >= 4 is 34.8 Å². The van der Waals surface area contributed by atoms with Crippen molar-refractivity contribution in [3.63, 3.8) is 0 Å². The summed E-state index contributed by atoms with van der Waals surface area (Å²) in [5.74, 6) is -3.39. The average Bonchev–Trinajstić information content (AvgIpc) is 3.09. The molecular weight excluding hydrogens is 428 g/mol. The molecule has 0 unspecified atom stereocenters. The van der Waals surface area contributed by atoms with Crippen LogP contribution in [0, 0.1) is 10.1 Å². The number of aromatic carboxylic acids is 1. The number of amides is 1. The normalized spacial score (nSPS) is 17.2. The lowest BCUT2D eigenvalue weighted by Crippen LogP contribution is -2.29. The first-order chi connectivity index (χ1) is 15.8. The number of carbonyl (C=O) groups is 3. The van der Waals surface area contributed by atoms with Crippen LogP contribution in [0.1, 0.15) is 27.5 Å². The maximum Gasteiger partial charge on any atom is 0.335 e. The number of carboxylic acid groups (broad SMARTS) is 1. The van der Waals surface area contributed by atoms with Crippen molar-refractivity contribution in [2.24, 2.45) is 0 Å². The Morgan fingerprint density at radius 3 is 2.00 bits per heavy atom. The van der Waals surface area contributed by atoms with Gasteiger partial charge in [-0.3, -0.25) is 24.6 Å². The summed E-state index contributed by atoms with van der Waals surface area (Å²) in [6.45, 7) is 0. The third kappa shape index (κ3) is 3.83.